The first-order valence-corrected chi connectivity index (χ1v) is 17.9. The standard InChI is InChI=1S/C45H27N5S/c1-3-13-28(14-4-1)43-46-44(29-23-24-33-32-18-9-12-22-39(32)51-40(33)27-29)48-45(47-43)50-36-20-10-7-17-31(36)34-25-26-38-41(42(34)50)35-19-8-11-21-37(35)49(38)30-15-5-2-6-16-30/h1-27H. The van der Waals surface area contributed by atoms with E-state index in [-0.39, 0.29) is 0 Å². The fourth-order valence-corrected chi connectivity index (χ4v) is 8.89. The van der Waals surface area contributed by atoms with Crippen molar-refractivity contribution in [3.8, 4) is 34.4 Å². The van der Waals surface area contributed by atoms with Gasteiger partial charge < -0.3 is 4.57 Å². The summed E-state index contributed by atoms with van der Waals surface area (Å²) in [5.74, 6) is 1.87. The number of fused-ring (bicyclic) bond motifs is 10. The molecule has 0 aliphatic carbocycles. The first-order chi connectivity index (χ1) is 25.3. The second-order valence-electron chi connectivity index (χ2n) is 12.9. The maximum absolute atomic E-state index is 5.32. The highest BCUT2D eigenvalue weighted by atomic mass is 32.1. The summed E-state index contributed by atoms with van der Waals surface area (Å²) in [5.41, 5.74) is 7.44. The summed E-state index contributed by atoms with van der Waals surface area (Å²) in [6, 6.07) is 57.7. The Morgan fingerprint density at radius 3 is 1.80 bits per heavy atom. The molecule has 0 saturated heterocycles. The molecule has 6 heteroatoms. The van der Waals surface area contributed by atoms with Crippen molar-refractivity contribution in [1.82, 2.24) is 24.1 Å². The summed E-state index contributed by atoms with van der Waals surface area (Å²) in [6.07, 6.45) is 0. The molecule has 0 fully saturated rings. The van der Waals surface area contributed by atoms with Crippen LogP contribution >= 0.6 is 11.3 Å². The number of thiophene rings is 1. The molecule has 0 atom stereocenters. The van der Waals surface area contributed by atoms with E-state index in [1.54, 1.807) is 11.3 Å². The molecule has 7 aromatic carbocycles. The van der Waals surface area contributed by atoms with Crippen LogP contribution in [-0.2, 0) is 0 Å². The van der Waals surface area contributed by atoms with Gasteiger partial charge in [-0.15, -0.1) is 11.3 Å². The van der Waals surface area contributed by atoms with Gasteiger partial charge in [-0.3, -0.25) is 4.57 Å². The van der Waals surface area contributed by atoms with Gasteiger partial charge in [0.15, 0.2) is 11.6 Å². The van der Waals surface area contributed by atoms with Gasteiger partial charge in [-0.1, -0.05) is 121 Å². The average Bonchev–Trinajstić information content (AvgIpc) is 3.86. The van der Waals surface area contributed by atoms with Crippen molar-refractivity contribution >= 4 is 75.1 Å². The summed E-state index contributed by atoms with van der Waals surface area (Å²) >= 11 is 1.80. The molecule has 0 bridgehead atoms. The van der Waals surface area contributed by atoms with Crippen molar-refractivity contribution in [2.24, 2.45) is 0 Å². The Kier molecular flexibility index (Phi) is 6.05. The lowest BCUT2D eigenvalue weighted by Crippen LogP contribution is -2.06. The van der Waals surface area contributed by atoms with Gasteiger partial charge in [0, 0.05) is 58.5 Å². The van der Waals surface area contributed by atoms with Crippen molar-refractivity contribution in [3.63, 3.8) is 0 Å². The maximum atomic E-state index is 5.32. The van der Waals surface area contributed by atoms with E-state index in [1.807, 2.05) is 18.2 Å². The van der Waals surface area contributed by atoms with Crippen LogP contribution in [-0.4, -0.2) is 24.1 Å². The highest BCUT2D eigenvalue weighted by molar-refractivity contribution is 7.25. The molecule has 4 heterocycles. The molecule has 0 amide bonds. The van der Waals surface area contributed by atoms with E-state index in [1.165, 1.54) is 25.6 Å². The van der Waals surface area contributed by atoms with Crippen molar-refractivity contribution in [2.75, 3.05) is 0 Å². The minimum Gasteiger partial charge on any atom is -0.309 e. The normalized spacial score (nSPS) is 11.9. The number of hydrogen-bond acceptors (Lipinski definition) is 4. The van der Waals surface area contributed by atoms with Gasteiger partial charge >= 0.3 is 0 Å². The lowest BCUT2D eigenvalue weighted by atomic mass is 10.1. The van der Waals surface area contributed by atoms with E-state index in [0.717, 1.165) is 55.0 Å². The van der Waals surface area contributed by atoms with E-state index in [2.05, 4.69) is 155 Å². The number of nitrogens with zero attached hydrogens (tertiary/aromatic N) is 5. The van der Waals surface area contributed by atoms with Crippen molar-refractivity contribution in [3.05, 3.63) is 164 Å². The fourth-order valence-electron chi connectivity index (χ4n) is 7.75. The Hall–Kier alpha value is -6.63. The Balaban J connectivity index is 1.25. The van der Waals surface area contributed by atoms with Crippen LogP contribution in [0.4, 0.5) is 0 Å². The minimum atomic E-state index is 0.588. The fraction of sp³-hybridized carbons (Fsp3) is 0. The molecule has 0 N–H and O–H groups in total. The third-order valence-electron chi connectivity index (χ3n) is 9.98. The number of para-hydroxylation sites is 3. The number of aromatic nitrogens is 5. The van der Waals surface area contributed by atoms with Gasteiger partial charge in [-0.2, -0.15) is 9.97 Å². The smallest absolute Gasteiger partial charge is 0.238 e. The Morgan fingerprint density at radius 2 is 1.00 bits per heavy atom. The summed E-state index contributed by atoms with van der Waals surface area (Å²) in [5, 5.41) is 7.17. The molecule has 11 rings (SSSR count). The van der Waals surface area contributed by atoms with Crippen molar-refractivity contribution in [1.29, 1.82) is 0 Å². The average molecular weight is 670 g/mol. The molecule has 5 nitrogen and oxygen atoms in total. The quantitative estimate of drug-likeness (QED) is 0.187. The van der Waals surface area contributed by atoms with Gasteiger partial charge in [-0.05, 0) is 42.5 Å². The molecular weight excluding hydrogens is 643 g/mol. The molecule has 0 spiro atoms. The van der Waals surface area contributed by atoms with Crippen LogP contribution < -0.4 is 0 Å². The molecule has 0 radical (unpaired) electrons. The van der Waals surface area contributed by atoms with Gasteiger partial charge in [0.1, 0.15) is 0 Å². The Labute approximate surface area is 296 Å². The number of hydrogen-bond donors (Lipinski definition) is 0. The first-order valence-electron chi connectivity index (χ1n) is 17.0. The molecule has 238 valence electrons. The molecule has 0 aliphatic rings. The molecule has 0 saturated carbocycles. The number of benzene rings is 7. The van der Waals surface area contributed by atoms with Crippen LogP contribution in [0.5, 0.6) is 0 Å². The summed E-state index contributed by atoms with van der Waals surface area (Å²) in [6.45, 7) is 0. The zero-order valence-corrected chi connectivity index (χ0v) is 28.0. The second-order valence-corrected chi connectivity index (χ2v) is 13.9. The van der Waals surface area contributed by atoms with Crippen molar-refractivity contribution < 1.29 is 0 Å². The summed E-state index contributed by atoms with van der Waals surface area (Å²) < 4.78 is 7.10. The Bertz CT molecular complexity index is 3140. The molecule has 51 heavy (non-hydrogen) atoms. The predicted octanol–water partition coefficient (Wildman–Crippen LogP) is 11.8. The zero-order valence-electron chi connectivity index (χ0n) is 27.2. The van der Waals surface area contributed by atoms with Crippen LogP contribution in [0.3, 0.4) is 0 Å². The SMILES string of the molecule is c1ccc(-c2nc(-c3ccc4c(c3)sc3ccccc34)nc(-n3c4ccccc4c4ccc5c(c6ccccc6n5-c5ccccc5)c43)n2)cc1. The van der Waals surface area contributed by atoms with E-state index in [4.69, 9.17) is 15.0 Å². The van der Waals surface area contributed by atoms with E-state index in [9.17, 15) is 0 Å². The van der Waals surface area contributed by atoms with E-state index >= 15 is 0 Å². The monoisotopic (exact) mass is 669 g/mol. The molecular formula is C45H27N5S. The highest BCUT2D eigenvalue weighted by Gasteiger charge is 2.23. The largest absolute Gasteiger partial charge is 0.309 e. The zero-order chi connectivity index (χ0) is 33.5. The van der Waals surface area contributed by atoms with Gasteiger partial charge in [-0.25, -0.2) is 4.98 Å². The third-order valence-corrected chi connectivity index (χ3v) is 11.1. The first kappa shape index (κ1) is 28.2. The van der Waals surface area contributed by atoms with Gasteiger partial charge in [0.05, 0.1) is 22.1 Å². The highest BCUT2D eigenvalue weighted by Crippen LogP contribution is 2.42. The topological polar surface area (TPSA) is 48.5 Å². The van der Waals surface area contributed by atoms with Crippen LogP contribution in [0.25, 0.3) is 98.2 Å². The van der Waals surface area contributed by atoms with Crippen molar-refractivity contribution in [2.45, 2.75) is 0 Å². The van der Waals surface area contributed by atoms with Gasteiger partial charge in [0.25, 0.3) is 0 Å². The van der Waals surface area contributed by atoms with E-state index < -0.39 is 0 Å². The molecule has 0 unspecified atom stereocenters. The molecule has 0 aliphatic heterocycles. The molecule has 4 aromatic heterocycles. The van der Waals surface area contributed by atoms with Crippen LogP contribution in [0.15, 0.2) is 164 Å². The second kappa shape index (κ2) is 10.9. The Morgan fingerprint density at radius 1 is 0.392 bits per heavy atom. The summed E-state index contributed by atoms with van der Waals surface area (Å²) in [7, 11) is 0. The lowest BCUT2D eigenvalue weighted by molar-refractivity contribution is 0.955. The molecule has 11 aromatic rings. The minimum absolute atomic E-state index is 0.588. The lowest BCUT2D eigenvalue weighted by Gasteiger charge is -2.12. The van der Waals surface area contributed by atoms with E-state index in [0.29, 0.717) is 17.6 Å². The predicted molar refractivity (Wildman–Crippen MR) is 212 cm³/mol. The number of rotatable bonds is 4. The van der Waals surface area contributed by atoms with Crippen LogP contribution in [0, 0.1) is 0 Å². The van der Waals surface area contributed by atoms with Crippen LogP contribution in [0.2, 0.25) is 0 Å². The summed E-state index contributed by atoms with van der Waals surface area (Å²) in [4.78, 5) is 15.7. The van der Waals surface area contributed by atoms with Gasteiger partial charge in [0.2, 0.25) is 5.95 Å². The third kappa shape index (κ3) is 4.24. The van der Waals surface area contributed by atoms with Crippen LogP contribution in [0.1, 0.15) is 0 Å². The maximum Gasteiger partial charge on any atom is 0.238 e.